The maximum Gasteiger partial charge on any atom is 0.573 e. The van der Waals surface area contributed by atoms with Crippen LogP contribution < -0.4 is 15.8 Å². The van der Waals surface area contributed by atoms with Crippen LogP contribution in [0.5, 0.6) is 5.75 Å². The van der Waals surface area contributed by atoms with Gasteiger partial charge in [0.15, 0.2) is 5.65 Å². The molecular formula is C19H14F3N5O2S. The molecule has 0 atom stereocenters. The van der Waals surface area contributed by atoms with Crippen LogP contribution in [0, 0.1) is 0 Å². The Labute approximate surface area is 171 Å². The number of nitrogens with two attached hydrogens (primary N) is 1. The zero-order valence-electron chi connectivity index (χ0n) is 15.2. The number of hydrogen-bond acceptors (Lipinski definition) is 6. The Hall–Kier alpha value is -3.60. The van der Waals surface area contributed by atoms with E-state index in [2.05, 4.69) is 20.1 Å². The lowest BCUT2D eigenvalue weighted by atomic mass is 10.1. The van der Waals surface area contributed by atoms with Crippen LogP contribution in [0.4, 0.5) is 19.1 Å². The lowest BCUT2D eigenvalue weighted by Gasteiger charge is -2.10. The number of anilines is 1. The number of ether oxygens (including phenoxy) is 1. The van der Waals surface area contributed by atoms with E-state index in [1.54, 1.807) is 28.9 Å². The first-order chi connectivity index (χ1) is 14.3. The van der Waals surface area contributed by atoms with Gasteiger partial charge in [-0.2, -0.15) is 4.98 Å². The van der Waals surface area contributed by atoms with E-state index in [-0.39, 0.29) is 24.1 Å². The fourth-order valence-electron chi connectivity index (χ4n) is 2.80. The second-order valence-corrected chi connectivity index (χ2v) is 7.18. The quantitative estimate of drug-likeness (QED) is 0.498. The van der Waals surface area contributed by atoms with Gasteiger partial charge in [0.05, 0.1) is 4.88 Å². The number of aromatic nitrogens is 3. The van der Waals surface area contributed by atoms with Crippen molar-refractivity contribution >= 4 is 28.8 Å². The molecule has 4 aromatic rings. The van der Waals surface area contributed by atoms with Crippen LogP contribution in [0.25, 0.3) is 16.8 Å². The number of carbonyl (C=O) groups excluding carboxylic acids is 1. The number of thiophene rings is 1. The number of fused-ring (bicyclic) bond motifs is 1. The fourth-order valence-corrected chi connectivity index (χ4v) is 3.63. The van der Waals surface area contributed by atoms with Gasteiger partial charge in [-0.25, -0.2) is 4.52 Å². The summed E-state index contributed by atoms with van der Waals surface area (Å²) >= 11 is 1.25. The van der Waals surface area contributed by atoms with Crippen molar-refractivity contribution in [3.8, 4) is 16.9 Å². The molecule has 0 unspecified atom stereocenters. The Balaban J connectivity index is 1.43. The second-order valence-electron chi connectivity index (χ2n) is 6.27. The van der Waals surface area contributed by atoms with Gasteiger partial charge in [-0.05, 0) is 46.8 Å². The van der Waals surface area contributed by atoms with Crippen LogP contribution in [0.3, 0.4) is 0 Å². The molecule has 0 aliphatic rings. The Morgan fingerprint density at radius 3 is 2.83 bits per heavy atom. The van der Waals surface area contributed by atoms with E-state index in [9.17, 15) is 18.0 Å². The molecule has 7 nitrogen and oxygen atoms in total. The topological polar surface area (TPSA) is 94.5 Å². The van der Waals surface area contributed by atoms with Crippen LogP contribution >= 0.6 is 11.3 Å². The molecule has 0 aliphatic carbocycles. The third kappa shape index (κ3) is 4.51. The number of halogens is 3. The van der Waals surface area contributed by atoms with Crippen molar-refractivity contribution in [3.05, 3.63) is 64.5 Å². The third-order valence-corrected chi connectivity index (χ3v) is 5.02. The number of rotatable bonds is 5. The highest BCUT2D eigenvalue weighted by atomic mass is 32.1. The number of pyridine rings is 1. The SMILES string of the molecule is Nc1nc2ccc(-c3csc(C(=O)NCc4cccc(OC(F)(F)F)c4)c3)cn2n1. The number of nitrogens with one attached hydrogen (secondary N) is 1. The van der Waals surface area contributed by atoms with Crippen molar-refractivity contribution in [2.45, 2.75) is 12.9 Å². The fraction of sp³-hybridized carbons (Fsp3) is 0.105. The lowest BCUT2D eigenvalue weighted by molar-refractivity contribution is -0.274. The number of benzene rings is 1. The van der Waals surface area contributed by atoms with Gasteiger partial charge < -0.3 is 15.8 Å². The summed E-state index contributed by atoms with van der Waals surface area (Å²) in [6.45, 7) is 0.0608. The van der Waals surface area contributed by atoms with E-state index in [1.807, 2.05) is 11.4 Å². The minimum atomic E-state index is -4.77. The molecule has 0 saturated heterocycles. The van der Waals surface area contributed by atoms with Gasteiger partial charge in [0, 0.05) is 18.3 Å². The zero-order valence-corrected chi connectivity index (χ0v) is 16.0. The number of alkyl halides is 3. The lowest BCUT2D eigenvalue weighted by Crippen LogP contribution is -2.22. The Bertz CT molecular complexity index is 1220. The first-order valence-corrected chi connectivity index (χ1v) is 9.48. The van der Waals surface area contributed by atoms with E-state index in [0.717, 1.165) is 11.1 Å². The molecule has 0 bridgehead atoms. The van der Waals surface area contributed by atoms with E-state index >= 15 is 0 Å². The van der Waals surface area contributed by atoms with Gasteiger partial charge in [0.2, 0.25) is 5.95 Å². The average molecular weight is 433 g/mol. The molecule has 11 heteroatoms. The van der Waals surface area contributed by atoms with Gasteiger partial charge in [-0.1, -0.05) is 12.1 Å². The predicted molar refractivity (Wildman–Crippen MR) is 105 cm³/mol. The highest BCUT2D eigenvalue weighted by molar-refractivity contribution is 7.12. The molecule has 0 radical (unpaired) electrons. The molecule has 0 saturated carbocycles. The smallest absolute Gasteiger partial charge is 0.406 e. The Morgan fingerprint density at radius 2 is 2.03 bits per heavy atom. The van der Waals surface area contributed by atoms with Crippen LogP contribution in [0.1, 0.15) is 15.2 Å². The van der Waals surface area contributed by atoms with E-state index in [0.29, 0.717) is 16.1 Å². The summed E-state index contributed by atoms with van der Waals surface area (Å²) in [6, 6.07) is 10.8. The maximum atomic E-state index is 12.4. The molecule has 1 amide bonds. The number of nitrogen functional groups attached to an aromatic ring is 1. The van der Waals surface area contributed by atoms with Gasteiger partial charge in [-0.15, -0.1) is 29.6 Å². The molecule has 1 aromatic carbocycles. The number of amides is 1. The van der Waals surface area contributed by atoms with Gasteiger partial charge in [0.25, 0.3) is 5.91 Å². The molecule has 154 valence electrons. The summed E-state index contributed by atoms with van der Waals surface area (Å²) < 4.78 is 42.4. The maximum absolute atomic E-state index is 12.4. The van der Waals surface area contributed by atoms with Crippen molar-refractivity contribution in [1.82, 2.24) is 19.9 Å². The number of carbonyl (C=O) groups is 1. The monoisotopic (exact) mass is 433 g/mol. The van der Waals surface area contributed by atoms with E-state index < -0.39 is 6.36 Å². The van der Waals surface area contributed by atoms with Crippen LogP contribution in [0.2, 0.25) is 0 Å². The van der Waals surface area contributed by atoms with Crippen molar-refractivity contribution in [3.63, 3.8) is 0 Å². The van der Waals surface area contributed by atoms with Gasteiger partial charge in [-0.3, -0.25) is 4.79 Å². The summed E-state index contributed by atoms with van der Waals surface area (Å²) in [7, 11) is 0. The minimum Gasteiger partial charge on any atom is -0.406 e. The molecule has 4 rings (SSSR count). The molecule has 0 fully saturated rings. The summed E-state index contributed by atoms with van der Waals surface area (Å²) in [5, 5.41) is 8.58. The van der Waals surface area contributed by atoms with Gasteiger partial charge in [0.1, 0.15) is 5.75 Å². The van der Waals surface area contributed by atoms with Crippen LogP contribution in [-0.4, -0.2) is 26.9 Å². The van der Waals surface area contributed by atoms with E-state index in [1.165, 1.54) is 29.5 Å². The Morgan fingerprint density at radius 1 is 1.20 bits per heavy atom. The van der Waals surface area contributed by atoms with Crippen molar-refractivity contribution < 1.29 is 22.7 Å². The van der Waals surface area contributed by atoms with E-state index in [4.69, 9.17) is 5.73 Å². The highest BCUT2D eigenvalue weighted by Crippen LogP contribution is 2.26. The first kappa shape index (κ1) is 19.7. The van der Waals surface area contributed by atoms with Crippen LogP contribution in [0.15, 0.2) is 54.0 Å². The molecule has 3 heterocycles. The summed E-state index contributed by atoms with van der Waals surface area (Å²) in [5.41, 5.74) is 8.34. The third-order valence-electron chi connectivity index (χ3n) is 4.09. The molecular weight excluding hydrogens is 419 g/mol. The Kier molecular flexibility index (Phi) is 5.04. The summed E-state index contributed by atoms with van der Waals surface area (Å²) in [5.74, 6) is -0.501. The molecule has 0 aliphatic heterocycles. The normalized spacial score (nSPS) is 11.6. The summed E-state index contributed by atoms with van der Waals surface area (Å²) in [6.07, 6.45) is -3.01. The van der Waals surface area contributed by atoms with Crippen molar-refractivity contribution in [1.29, 1.82) is 0 Å². The standard InChI is InChI=1S/C19H14F3N5O2S/c20-19(21,22)29-14-3-1-2-11(6-14)8-24-17(28)15-7-13(10-30-15)12-4-5-16-25-18(23)26-27(16)9-12/h1-7,9-10H,8H2,(H2,23,26)(H,24,28). The molecule has 0 spiro atoms. The molecule has 3 N–H and O–H groups in total. The van der Waals surface area contributed by atoms with Gasteiger partial charge >= 0.3 is 6.36 Å². The first-order valence-electron chi connectivity index (χ1n) is 8.60. The number of nitrogens with zero attached hydrogens (tertiary/aromatic N) is 3. The molecule has 30 heavy (non-hydrogen) atoms. The van der Waals surface area contributed by atoms with Crippen molar-refractivity contribution in [2.75, 3.05) is 5.73 Å². The second kappa shape index (κ2) is 7.67. The highest BCUT2D eigenvalue weighted by Gasteiger charge is 2.31. The number of hydrogen-bond donors (Lipinski definition) is 2. The van der Waals surface area contributed by atoms with Crippen LogP contribution in [-0.2, 0) is 6.54 Å². The minimum absolute atomic E-state index is 0.0608. The molecule has 3 aromatic heterocycles. The average Bonchev–Trinajstić information content (AvgIpc) is 3.30. The van der Waals surface area contributed by atoms with Crippen molar-refractivity contribution in [2.24, 2.45) is 0 Å². The predicted octanol–water partition coefficient (Wildman–Crippen LogP) is 3.87. The zero-order chi connectivity index (χ0) is 21.3. The summed E-state index contributed by atoms with van der Waals surface area (Å²) in [4.78, 5) is 17.0. The largest absolute Gasteiger partial charge is 0.573 e.